The van der Waals surface area contributed by atoms with Gasteiger partial charge < -0.3 is 5.32 Å². The molecule has 1 aromatic rings. The lowest BCUT2D eigenvalue weighted by Gasteiger charge is -2.04. The van der Waals surface area contributed by atoms with Crippen molar-refractivity contribution in [1.29, 1.82) is 0 Å². The number of aryl methyl sites for hydroxylation is 1. The maximum atomic E-state index is 11.9. The van der Waals surface area contributed by atoms with Gasteiger partial charge in [0.15, 0.2) is 0 Å². The molecule has 0 aliphatic heterocycles. The van der Waals surface area contributed by atoms with E-state index in [2.05, 4.69) is 5.32 Å². The Hall–Kier alpha value is -0.670. The quantitative estimate of drug-likeness (QED) is 0.769. The number of hydrogen-bond donors (Lipinski definition) is 1. The van der Waals surface area contributed by atoms with Gasteiger partial charge >= 0.3 is 0 Å². The van der Waals surface area contributed by atoms with Crippen LogP contribution in [0.15, 0.2) is 29.2 Å². The van der Waals surface area contributed by atoms with Crippen LogP contribution in [0.4, 0.5) is 0 Å². The Balaban J connectivity index is 1.71. The minimum absolute atomic E-state index is 0.757. The van der Waals surface area contributed by atoms with Gasteiger partial charge in [-0.25, -0.2) is 0 Å². The number of nitrogens with one attached hydrogen (secondary N) is 1. The second kappa shape index (κ2) is 5.60. The zero-order valence-corrected chi connectivity index (χ0v) is 10.6. The Bertz CT molecular complexity index is 357. The zero-order chi connectivity index (χ0) is 11.4. The predicted molar refractivity (Wildman–Crippen MR) is 68.1 cm³/mol. The van der Waals surface area contributed by atoms with Gasteiger partial charge in [0.2, 0.25) is 0 Å². The first kappa shape index (κ1) is 11.8. The van der Waals surface area contributed by atoms with E-state index in [0.717, 1.165) is 29.7 Å². The molecule has 0 spiro atoms. The monoisotopic (exact) mass is 237 g/mol. The van der Waals surface area contributed by atoms with Crippen molar-refractivity contribution in [3.05, 3.63) is 29.8 Å². The molecule has 0 amide bonds. The summed E-state index contributed by atoms with van der Waals surface area (Å²) in [5, 5.41) is 3.44. The van der Waals surface area contributed by atoms with Crippen molar-refractivity contribution in [2.24, 2.45) is 0 Å². The zero-order valence-electron chi connectivity index (χ0n) is 9.74. The molecule has 1 fully saturated rings. The van der Waals surface area contributed by atoms with E-state index in [1.807, 2.05) is 31.2 Å². The minimum Gasteiger partial charge on any atom is -0.314 e. The first-order valence-corrected chi connectivity index (χ1v) is 7.26. The van der Waals surface area contributed by atoms with Gasteiger partial charge in [-0.05, 0) is 44.9 Å². The highest BCUT2D eigenvalue weighted by molar-refractivity contribution is 7.85. The summed E-state index contributed by atoms with van der Waals surface area (Å²) in [5.41, 5.74) is 1.22. The molecule has 2 rings (SSSR count). The van der Waals surface area contributed by atoms with E-state index in [1.165, 1.54) is 18.4 Å². The summed E-state index contributed by atoms with van der Waals surface area (Å²) in [6, 6.07) is 8.75. The standard InChI is InChI=1S/C13H19NOS/c1-11-3-7-13(8-4-11)16(15)10-2-9-14-12-5-6-12/h3-4,7-8,12,14H,2,5-6,9-10H2,1H3. The Morgan fingerprint density at radius 2 is 2.00 bits per heavy atom. The summed E-state index contributed by atoms with van der Waals surface area (Å²) in [4.78, 5) is 0.956. The van der Waals surface area contributed by atoms with Gasteiger partial charge in [-0.15, -0.1) is 0 Å². The molecule has 0 bridgehead atoms. The fourth-order valence-electron chi connectivity index (χ4n) is 1.60. The van der Waals surface area contributed by atoms with Crippen LogP contribution in [0.5, 0.6) is 0 Å². The minimum atomic E-state index is -0.826. The molecule has 1 unspecified atom stereocenters. The summed E-state index contributed by atoms with van der Waals surface area (Å²) in [5.74, 6) is 0.767. The van der Waals surface area contributed by atoms with E-state index in [0.29, 0.717) is 0 Å². The molecule has 3 heteroatoms. The number of benzene rings is 1. The Morgan fingerprint density at radius 3 is 2.62 bits per heavy atom. The molecule has 2 nitrogen and oxygen atoms in total. The van der Waals surface area contributed by atoms with Gasteiger partial charge in [0, 0.05) is 16.7 Å². The van der Waals surface area contributed by atoms with Crippen LogP contribution in [-0.4, -0.2) is 22.5 Å². The molecule has 1 aliphatic carbocycles. The molecule has 1 atom stereocenters. The van der Waals surface area contributed by atoms with Gasteiger partial charge in [0.25, 0.3) is 0 Å². The van der Waals surface area contributed by atoms with E-state index in [9.17, 15) is 4.21 Å². The second-order valence-corrected chi connectivity index (χ2v) is 6.02. The van der Waals surface area contributed by atoms with Crippen molar-refractivity contribution in [1.82, 2.24) is 5.32 Å². The van der Waals surface area contributed by atoms with Gasteiger partial charge in [-0.3, -0.25) is 4.21 Å². The van der Waals surface area contributed by atoms with Crippen LogP contribution in [-0.2, 0) is 10.8 Å². The molecule has 0 aromatic heterocycles. The molecular formula is C13H19NOS. The third-order valence-electron chi connectivity index (χ3n) is 2.80. The first-order valence-electron chi connectivity index (χ1n) is 5.94. The summed E-state index contributed by atoms with van der Waals surface area (Å²) >= 11 is 0. The third kappa shape index (κ3) is 3.72. The molecule has 1 saturated carbocycles. The summed E-state index contributed by atoms with van der Waals surface area (Å²) < 4.78 is 11.9. The molecule has 1 aliphatic rings. The lowest BCUT2D eigenvalue weighted by molar-refractivity contribution is 0.657. The SMILES string of the molecule is Cc1ccc(S(=O)CCCNC2CC2)cc1. The molecule has 16 heavy (non-hydrogen) atoms. The molecule has 0 radical (unpaired) electrons. The van der Waals surface area contributed by atoms with Crippen molar-refractivity contribution in [3.63, 3.8) is 0 Å². The third-order valence-corrected chi connectivity index (χ3v) is 4.26. The average molecular weight is 237 g/mol. The Morgan fingerprint density at radius 1 is 1.31 bits per heavy atom. The highest BCUT2D eigenvalue weighted by Crippen LogP contribution is 2.18. The van der Waals surface area contributed by atoms with Crippen LogP contribution >= 0.6 is 0 Å². The fraction of sp³-hybridized carbons (Fsp3) is 0.538. The maximum Gasteiger partial charge on any atom is 0.0529 e. The van der Waals surface area contributed by atoms with E-state index in [1.54, 1.807) is 0 Å². The van der Waals surface area contributed by atoms with E-state index in [-0.39, 0.29) is 0 Å². The predicted octanol–water partition coefficient (Wildman–Crippen LogP) is 2.24. The van der Waals surface area contributed by atoms with Crippen LogP contribution in [0.2, 0.25) is 0 Å². The van der Waals surface area contributed by atoms with E-state index in [4.69, 9.17) is 0 Å². The molecule has 0 heterocycles. The lowest BCUT2D eigenvalue weighted by atomic mass is 10.2. The first-order chi connectivity index (χ1) is 7.75. The number of rotatable bonds is 6. The summed E-state index contributed by atoms with van der Waals surface area (Å²) in [6.07, 6.45) is 3.64. The molecule has 88 valence electrons. The topological polar surface area (TPSA) is 29.1 Å². The second-order valence-electron chi connectivity index (χ2n) is 4.44. The van der Waals surface area contributed by atoms with Gasteiger partial charge in [0.05, 0.1) is 10.8 Å². The molecule has 1 aromatic carbocycles. The highest BCUT2D eigenvalue weighted by atomic mass is 32.2. The normalized spacial score (nSPS) is 17.3. The fourth-order valence-corrected chi connectivity index (χ4v) is 2.69. The van der Waals surface area contributed by atoms with Gasteiger partial charge in [-0.1, -0.05) is 17.7 Å². The molecule has 0 saturated heterocycles. The number of hydrogen-bond acceptors (Lipinski definition) is 2. The maximum absolute atomic E-state index is 11.9. The largest absolute Gasteiger partial charge is 0.314 e. The van der Waals surface area contributed by atoms with Crippen LogP contribution in [0.25, 0.3) is 0 Å². The van der Waals surface area contributed by atoms with Crippen molar-refractivity contribution >= 4 is 10.8 Å². The van der Waals surface area contributed by atoms with Gasteiger partial charge in [0.1, 0.15) is 0 Å². The lowest BCUT2D eigenvalue weighted by Crippen LogP contribution is -2.19. The molecule has 1 N–H and O–H groups in total. The Labute approximate surface area is 99.9 Å². The van der Waals surface area contributed by atoms with Crippen LogP contribution in [0, 0.1) is 6.92 Å². The smallest absolute Gasteiger partial charge is 0.0529 e. The average Bonchev–Trinajstić information content (AvgIpc) is 3.09. The van der Waals surface area contributed by atoms with Crippen molar-refractivity contribution < 1.29 is 4.21 Å². The van der Waals surface area contributed by atoms with E-state index < -0.39 is 10.8 Å². The van der Waals surface area contributed by atoms with Crippen LogP contribution in [0.3, 0.4) is 0 Å². The van der Waals surface area contributed by atoms with Gasteiger partial charge in [-0.2, -0.15) is 0 Å². The van der Waals surface area contributed by atoms with Crippen molar-refractivity contribution in [2.45, 2.75) is 37.1 Å². The van der Waals surface area contributed by atoms with Crippen LogP contribution < -0.4 is 5.32 Å². The molecular weight excluding hydrogens is 218 g/mol. The summed E-state index contributed by atoms with van der Waals surface area (Å²) in [6.45, 7) is 3.05. The van der Waals surface area contributed by atoms with E-state index >= 15 is 0 Å². The van der Waals surface area contributed by atoms with Crippen LogP contribution in [0.1, 0.15) is 24.8 Å². The Kier molecular flexibility index (Phi) is 4.13. The highest BCUT2D eigenvalue weighted by Gasteiger charge is 2.19. The summed E-state index contributed by atoms with van der Waals surface area (Å²) in [7, 11) is -0.826. The van der Waals surface area contributed by atoms with Crippen molar-refractivity contribution in [2.75, 3.05) is 12.3 Å². The van der Waals surface area contributed by atoms with Crippen molar-refractivity contribution in [3.8, 4) is 0 Å².